The molecule has 0 fully saturated rings. The summed E-state index contributed by atoms with van der Waals surface area (Å²) in [6, 6.07) is 1.15. The third-order valence-electron chi connectivity index (χ3n) is 1.44. The Kier molecular flexibility index (Phi) is 5.12. The average molecular weight is 185 g/mol. The van der Waals surface area contributed by atoms with Crippen LogP contribution in [0.4, 0.5) is 0 Å². The summed E-state index contributed by atoms with van der Waals surface area (Å²) in [5, 5.41) is 19.1. The monoisotopic (exact) mass is 185 g/mol. The van der Waals surface area contributed by atoms with Gasteiger partial charge in [0, 0.05) is 12.5 Å². The quantitative estimate of drug-likeness (QED) is 0.396. The van der Waals surface area contributed by atoms with Gasteiger partial charge < -0.3 is 15.5 Å². The van der Waals surface area contributed by atoms with Crippen LogP contribution in [-0.4, -0.2) is 28.2 Å². The first-order valence-electron chi connectivity index (χ1n) is 3.73. The Bertz CT molecular complexity index is 231. The molecule has 0 radical (unpaired) electrons. The van der Waals surface area contributed by atoms with Crippen molar-refractivity contribution in [2.24, 2.45) is 0 Å². The molecule has 13 heavy (non-hydrogen) atoms. The van der Waals surface area contributed by atoms with Gasteiger partial charge >= 0.3 is 11.9 Å². The maximum Gasteiger partial charge on any atom is 0.326 e. The van der Waals surface area contributed by atoms with Crippen molar-refractivity contribution in [1.82, 2.24) is 5.32 Å². The molecule has 0 saturated carbocycles. The van der Waals surface area contributed by atoms with Gasteiger partial charge in [-0.2, -0.15) is 0 Å². The highest BCUT2D eigenvalue weighted by Gasteiger charge is 2.15. The topological polar surface area (TPSA) is 86.6 Å². The molecule has 5 heteroatoms. The molecule has 72 valence electrons. The molecule has 1 unspecified atom stereocenters. The molecule has 1 atom stereocenters. The van der Waals surface area contributed by atoms with Gasteiger partial charge in [-0.05, 0) is 12.8 Å². The molecule has 0 spiro atoms. The molecule has 0 rings (SSSR count). The first kappa shape index (κ1) is 11.3. The molecule has 0 heterocycles. The van der Waals surface area contributed by atoms with Crippen molar-refractivity contribution < 1.29 is 19.8 Å². The Labute approximate surface area is 75.8 Å². The highest BCUT2D eigenvalue weighted by atomic mass is 16.4. The van der Waals surface area contributed by atoms with E-state index in [0.29, 0.717) is 6.42 Å². The predicted molar refractivity (Wildman–Crippen MR) is 44.9 cm³/mol. The van der Waals surface area contributed by atoms with E-state index in [1.165, 1.54) is 0 Å². The molecule has 0 aromatic carbocycles. The van der Waals surface area contributed by atoms with Gasteiger partial charge in [0.25, 0.3) is 0 Å². The molecule has 0 aliphatic rings. The zero-order valence-electron chi connectivity index (χ0n) is 6.99. The molecular weight excluding hydrogens is 174 g/mol. The first-order chi connectivity index (χ1) is 6.07. The van der Waals surface area contributed by atoms with Gasteiger partial charge in [-0.3, -0.25) is 4.79 Å². The van der Waals surface area contributed by atoms with E-state index in [-0.39, 0.29) is 12.8 Å². The highest BCUT2D eigenvalue weighted by Crippen LogP contribution is 2.00. The Hall–Kier alpha value is -1.70. The van der Waals surface area contributed by atoms with Crippen molar-refractivity contribution in [2.45, 2.75) is 25.3 Å². The van der Waals surface area contributed by atoms with Crippen LogP contribution in [0.5, 0.6) is 0 Å². The zero-order valence-corrected chi connectivity index (χ0v) is 6.99. The minimum Gasteiger partial charge on any atom is -0.481 e. The van der Waals surface area contributed by atoms with Crippen LogP contribution in [0.2, 0.25) is 0 Å². The molecule has 0 bridgehead atoms. The number of hydrogen-bond donors (Lipinski definition) is 3. The second kappa shape index (κ2) is 5.89. The summed E-state index contributed by atoms with van der Waals surface area (Å²) in [5.74, 6) is -2.01. The van der Waals surface area contributed by atoms with Crippen molar-refractivity contribution in [3.63, 3.8) is 0 Å². The van der Waals surface area contributed by atoms with Crippen molar-refractivity contribution in [2.75, 3.05) is 0 Å². The SMILES string of the molecule is C#CNC(CCCC(=O)O)C(=O)O. The fraction of sp³-hybridized carbons (Fsp3) is 0.500. The lowest BCUT2D eigenvalue weighted by molar-refractivity contribution is -0.140. The minimum absolute atomic E-state index is 0.0456. The fourth-order valence-electron chi connectivity index (χ4n) is 0.815. The molecule has 0 saturated heterocycles. The second-order valence-electron chi connectivity index (χ2n) is 2.47. The van der Waals surface area contributed by atoms with E-state index in [0.717, 1.165) is 0 Å². The average Bonchev–Trinajstić information content (AvgIpc) is 2.02. The molecular formula is C8H11NO4. The second-order valence-corrected chi connectivity index (χ2v) is 2.47. The van der Waals surface area contributed by atoms with Crippen LogP contribution in [-0.2, 0) is 9.59 Å². The number of hydrogen-bond acceptors (Lipinski definition) is 3. The lowest BCUT2D eigenvalue weighted by Gasteiger charge is -2.09. The first-order valence-corrected chi connectivity index (χ1v) is 3.73. The van der Waals surface area contributed by atoms with Gasteiger partial charge in [-0.1, -0.05) is 6.42 Å². The Balaban J connectivity index is 3.77. The van der Waals surface area contributed by atoms with Gasteiger partial charge in [-0.15, -0.1) is 0 Å². The van der Waals surface area contributed by atoms with Gasteiger partial charge in [0.2, 0.25) is 0 Å². The fourth-order valence-corrected chi connectivity index (χ4v) is 0.815. The van der Waals surface area contributed by atoms with E-state index >= 15 is 0 Å². The van der Waals surface area contributed by atoms with Crippen molar-refractivity contribution >= 4 is 11.9 Å². The Morgan fingerprint density at radius 1 is 1.46 bits per heavy atom. The summed E-state index contributed by atoms with van der Waals surface area (Å²) in [5.41, 5.74) is 0. The zero-order chi connectivity index (χ0) is 10.3. The summed E-state index contributed by atoms with van der Waals surface area (Å²) < 4.78 is 0. The summed E-state index contributed by atoms with van der Waals surface area (Å²) in [4.78, 5) is 20.6. The summed E-state index contributed by atoms with van der Waals surface area (Å²) in [7, 11) is 0. The number of aliphatic carboxylic acids is 2. The van der Waals surface area contributed by atoms with Crippen LogP contribution in [0.1, 0.15) is 19.3 Å². The summed E-state index contributed by atoms with van der Waals surface area (Å²) in [6.45, 7) is 0. The van der Waals surface area contributed by atoms with E-state index in [1.54, 1.807) is 0 Å². The maximum atomic E-state index is 10.5. The smallest absolute Gasteiger partial charge is 0.326 e. The number of terminal acetylenes is 1. The lowest BCUT2D eigenvalue weighted by Crippen LogP contribution is -2.33. The van der Waals surface area contributed by atoms with Crippen molar-refractivity contribution in [3.8, 4) is 12.5 Å². The highest BCUT2D eigenvalue weighted by molar-refractivity contribution is 5.74. The Morgan fingerprint density at radius 2 is 2.08 bits per heavy atom. The van der Waals surface area contributed by atoms with E-state index < -0.39 is 18.0 Å². The maximum absolute atomic E-state index is 10.5. The molecule has 0 aliphatic carbocycles. The molecule has 0 amide bonds. The summed E-state index contributed by atoms with van der Waals surface area (Å²) in [6.07, 6.45) is 5.32. The van der Waals surface area contributed by atoms with Gasteiger partial charge in [0.05, 0.1) is 0 Å². The molecule has 5 nitrogen and oxygen atoms in total. The molecule has 0 aromatic heterocycles. The number of nitrogens with one attached hydrogen (secondary N) is 1. The molecule has 0 aliphatic heterocycles. The van der Waals surface area contributed by atoms with Gasteiger partial charge in [0.1, 0.15) is 6.04 Å². The van der Waals surface area contributed by atoms with Crippen LogP contribution >= 0.6 is 0 Å². The van der Waals surface area contributed by atoms with Gasteiger partial charge in [-0.25, -0.2) is 4.79 Å². The predicted octanol–water partition coefficient (Wildman–Crippen LogP) is -0.125. The largest absolute Gasteiger partial charge is 0.481 e. The van der Waals surface area contributed by atoms with Crippen LogP contribution in [0, 0.1) is 12.5 Å². The van der Waals surface area contributed by atoms with Gasteiger partial charge in [0.15, 0.2) is 0 Å². The number of carboxylic acid groups (broad SMARTS) is 2. The third kappa shape index (κ3) is 5.56. The van der Waals surface area contributed by atoms with Crippen LogP contribution in [0.3, 0.4) is 0 Å². The van der Waals surface area contributed by atoms with Crippen LogP contribution < -0.4 is 5.32 Å². The van der Waals surface area contributed by atoms with E-state index in [1.807, 2.05) is 6.04 Å². The normalized spacial score (nSPS) is 11.3. The molecule has 0 aromatic rings. The van der Waals surface area contributed by atoms with E-state index in [2.05, 4.69) is 5.32 Å². The minimum atomic E-state index is -1.07. The third-order valence-corrected chi connectivity index (χ3v) is 1.44. The lowest BCUT2D eigenvalue weighted by atomic mass is 10.1. The Morgan fingerprint density at radius 3 is 2.46 bits per heavy atom. The summed E-state index contributed by atoms with van der Waals surface area (Å²) >= 11 is 0. The standard InChI is InChI=1S/C8H11NO4/c1-2-9-6(8(12)13)4-3-5-7(10)11/h1,6,9H,3-5H2,(H,10,11)(H,12,13). The van der Waals surface area contributed by atoms with Crippen molar-refractivity contribution in [1.29, 1.82) is 0 Å². The van der Waals surface area contributed by atoms with Crippen LogP contribution in [0.15, 0.2) is 0 Å². The van der Waals surface area contributed by atoms with E-state index in [9.17, 15) is 9.59 Å². The number of rotatable bonds is 6. The van der Waals surface area contributed by atoms with Crippen LogP contribution in [0.25, 0.3) is 0 Å². The van der Waals surface area contributed by atoms with Crippen molar-refractivity contribution in [3.05, 3.63) is 0 Å². The molecule has 3 N–H and O–H groups in total. The van der Waals surface area contributed by atoms with E-state index in [4.69, 9.17) is 16.6 Å². The number of carbonyl (C=O) groups is 2. The number of carboxylic acids is 2.